The van der Waals surface area contributed by atoms with E-state index < -0.39 is 17.4 Å². The monoisotopic (exact) mass is 355 g/mol. The third-order valence-electron chi connectivity index (χ3n) is 3.78. The van der Waals surface area contributed by atoms with Gasteiger partial charge in [0.05, 0.1) is 14.2 Å². The molecule has 0 radical (unpaired) electrons. The molecule has 0 aliphatic rings. The number of benzene rings is 2. The fourth-order valence-electron chi connectivity index (χ4n) is 2.51. The number of carbonyl (C=O) groups is 1. The van der Waals surface area contributed by atoms with Crippen molar-refractivity contribution < 1.29 is 28.9 Å². The number of carbonyl (C=O) groups excluding carboxylic acids is 1. The van der Waals surface area contributed by atoms with Crippen LogP contribution in [0, 0.1) is 0 Å². The van der Waals surface area contributed by atoms with Gasteiger partial charge in [0.1, 0.15) is 17.1 Å². The number of amides is 1. The quantitative estimate of drug-likeness (QED) is 0.646. The van der Waals surface area contributed by atoms with Crippen LogP contribution in [0.25, 0.3) is 11.3 Å². The maximum atomic E-state index is 12.3. The highest BCUT2D eigenvalue weighted by Gasteiger charge is 2.27. The molecule has 0 saturated heterocycles. The van der Waals surface area contributed by atoms with Crippen molar-refractivity contribution in [2.24, 2.45) is 0 Å². The first-order valence-corrected chi connectivity index (χ1v) is 7.69. The molecular weight excluding hydrogens is 338 g/mol. The van der Waals surface area contributed by atoms with Crippen molar-refractivity contribution in [2.75, 3.05) is 19.5 Å². The Kier molecular flexibility index (Phi) is 4.70. The second-order valence-corrected chi connectivity index (χ2v) is 5.32. The van der Waals surface area contributed by atoms with Gasteiger partial charge in [-0.1, -0.05) is 24.3 Å². The van der Waals surface area contributed by atoms with Crippen molar-refractivity contribution >= 4 is 11.8 Å². The molecule has 7 nitrogen and oxygen atoms in total. The van der Waals surface area contributed by atoms with Crippen molar-refractivity contribution in [3.8, 4) is 34.3 Å². The van der Waals surface area contributed by atoms with E-state index in [1.165, 1.54) is 14.2 Å². The summed E-state index contributed by atoms with van der Waals surface area (Å²) in [5, 5.41) is 22.9. The molecule has 0 bridgehead atoms. The van der Waals surface area contributed by atoms with Crippen molar-refractivity contribution in [3.05, 3.63) is 54.1 Å². The summed E-state index contributed by atoms with van der Waals surface area (Å²) in [7, 11) is 2.91. The molecule has 134 valence electrons. The highest BCUT2D eigenvalue weighted by atomic mass is 16.5. The van der Waals surface area contributed by atoms with E-state index in [2.05, 4.69) is 5.32 Å². The average molecular weight is 355 g/mol. The van der Waals surface area contributed by atoms with Crippen LogP contribution in [0.1, 0.15) is 10.4 Å². The smallest absolute Gasteiger partial charge is 0.258 e. The molecule has 0 unspecified atom stereocenters. The number of anilines is 1. The standard InChI is InChI=1S/C19H17NO6/c1-24-12-9-6-10-13(25-2)14(12)17-15(21)16(22)19(26-17)20-18(23)11-7-4-3-5-8-11/h3-10,21-22H,1-2H3,(H,20,23). The molecule has 0 atom stereocenters. The summed E-state index contributed by atoms with van der Waals surface area (Å²) in [6, 6.07) is 13.4. The van der Waals surface area contributed by atoms with Gasteiger partial charge in [-0.15, -0.1) is 0 Å². The van der Waals surface area contributed by atoms with Crippen molar-refractivity contribution in [2.45, 2.75) is 0 Å². The Bertz CT molecular complexity index is 910. The zero-order valence-electron chi connectivity index (χ0n) is 14.1. The molecule has 1 amide bonds. The van der Waals surface area contributed by atoms with Crippen LogP contribution in [0.4, 0.5) is 5.88 Å². The fraction of sp³-hybridized carbons (Fsp3) is 0.105. The first-order chi connectivity index (χ1) is 12.6. The molecule has 3 aromatic rings. The number of rotatable bonds is 5. The van der Waals surface area contributed by atoms with Crippen LogP contribution in [0.15, 0.2) is 52.9 Å². The first kappa shape index (κ1) is 17.2. The van der Waals surface area contributed by atoms with Gasteiger partial charge in [0.2, 0.25) is 17.4 Å². The van der Waals surface area contributed by atoms with Crippen LogP contribution in [0.5, 0.6) is 23.0 Å². The minimum absolute atomic E-state index is 0.0832. The van der Waals surface area contributed by atoms with Gasteiger partial charge >= 0.3 is 0 Å². The predicted octanol–water partition coefficient (Wildman–Crippen LogP) is 3.63. The number of methoxy groups -OCH3 is 2. The summed E-state index contributed by atoms with van der Waals surface area (Å²) in [6.07, 6.45) is 0. The minimum Gasteiger partial charge on any atom is -0.502 e. The van der Waals surface area contributed by atoms with E-state index in [0.29, 0.717) is 22.6 Å². The fourth-order valence-corrected chi connectivity index (χ4v) is 2.51. The third kappa shape index (κ3) is 3.02. The molecule has 0 spiro atoms. The number of aromatic hydroxyl groups is 2. The van der Waals surface area contributed by atoms with Gasteiger partial charge in [-0.25, -0.2) is 0 Å². The summed E-state index contributed by atoms with van der Waals surface area (Å²) in [5.74, 6) is -1.23. The molecule has 1 aromatic heterocycles. The second kappa shape index (κ2) is 7.10. The van der Waals surface area contributed by atoms with Gasteiger partial charge in [-0.05, 0) is 24.3 Å². The largest absolute Gasteiger partial charge is 0.502 e. The Balaban J connectivity index is 2.03. The van der Waals surface area contributed by atoms with E-state index in [-0.39, 0.29) is 11.6 Å². The number of hydrogen-bond acceptors (Lipinski definition) is 6. The van der Waals surface area contributed by atoms with Gasteiger partial charge in [-0.2, -0.15) is 0 Å². The van der Waals surface area contributed by atoms with Gasteiger partial charge in [0.15, 0.2) is 5.76 Å². The molecule has 1 heterocycles. The van der Waals surface area contributed by atoms with Crippen molar-refractivity contribution in [3.63, 3.8) is 0 Å². The van der Waals surface area contributed by atoms with E-state index in [0.717, 1.165) is 0 Å². The molecule has 2 aromatic carbocycles. The Morgan fingerprint density at radius 2 is 1.54 bits per heavy atom. The van der Waals surface area contributed by atoms with Gasteiger partial charge in [-0.3, -0.25) is 10.1 Å². The summed E-state index contributed by atoms with van der Waals surface area (Å²) in [6.45, 7) is 0. The lowest BCUT2D eigenvalue weighted by molar-refractivity contribution is 0.102. The predicted molar refractivity (Wildman–Crippen MR) is 95.0 cm³/mol. The van der Waals surface area contributed by atoms with Crippen molar-refractivity contribution in [1.82, 2.24) is 0 Å². The lowest BCUT2D eigenvalue weighted by atomic mass is 10.1. The zero-order valence-corrected chi connectivity index (χ0v) is 14.1. The normalized spacial score (nSPS) is 10.4. The van der Waals surface area contributed by atoms with Crippen LogP contribution in [0.3, 0.4) is 0 Å². The molecule has 0 aliphatic carbocycles. The van der Waals surface area contributed by atoms with E-state index in [1.54, 1.807) is 48.5 Å². The molecule has 26 heavy (non-hydrogen) atoms. The van der Waals surface area contributed by atoms with Crippen LogP contribution in [-0.4, -0.2) is 30.3 Å². The number of furan rings is 1. The highest BCUT2D eigenvalue weighted by molar-refractivity contribution is 6.04. The minimum atomic E-state index is -0.586. The van der Waals surface area contributed by atoms with Gasteiger partial charge in [0.25, 0.3) is 5.91 Å². The zero-order chi connectivity index (χ0) is 18.7. The summed E-state index contributed by atoms with van der Waals surface area (Å²) < 4.78 is 16.1. The van der Waals surface area contributed by atoms with Crippen LogP contribution >= 0.6 is 0 Å². The molecule has 0 saturated carbocycles. The molecule has 3 N–H and O–H groups in total. The highest BCUT2D eigenvalue weighted by Crippen LogP contribution is 2.50. The number of hydrogen-bond donors (Lipinski definition) is 3. The summed E-state index contributed by atoms with van der Waals surface area (Å²) in [4.78, 5) is 12.3. The maximum Gasteiger partial charge on any atom is 0.258 e. The third-order valence-corrected chi connectivity index (χ3v) is 3.78. The van der Waals surface area contributed by atoms with E-state index in [4.69, 9.17) is 13.9 Å². The van der Waals surface area contributed by atoms with Crippen molar-refractivity contribution in [1.29, 1.82) is 0 Å². The second-order valence-electron chi connectivity index (χ2n) is 5.32. The molecule has 7 heteroatoms. The summed E-state index contributed by atoms with van der Waals surface area (Å²) in [5.41, 5.74) is 0.685. The van der Waals surface area contributed by atoms with Crippen LogP contribution < -0.4 is 14.8 Å². The Morgan fingerprint density at radius 1 is 0.923 bits per heavy atom. The first-order valence-electron chi connectivity index (χ1n) is 7.69. The number of ether oxygens (including phenoxy) is 2. The lowest BCUT2D eigenvalue weighted by Crippen LogP contribution is -2.11. The molecular formula is C19H17NO6. The SMILES string of the molecule is COc1cccc(OC)c1-c1oc(NC(=O)c2ccccc2)c(O)c1O. The topological polar surface area (TPSA) is 101 Å². The van der Waals surface area contributed by atoms with E-state index in [9.17, 15) is 15.0 Å². The van der Waals surface area contributed by atoms with Gasteiger partial charge < -0.3 is 24.1 Å². The lowest BCUT2D eigenvalue weighted by Gasteiger charge is -2.11. The molecule has 0 fully saturated rings. The Labute approximate surface area is 149 Å². The number of nitrogens with one attached hydrogen (secondary N) is 1. The summed E-state index contributed by atoms with van der Waals surface area (Å²) >= 11 is 0. The van der Waals surface area contributed by atoms with Gasteiger partial charge in [0, 0.05) is 5.56 Å². The van der Waals surface area contributed by atoms with Crippen LogP contribution in [-0.2, 0) is 0 Å². The van der Waals surface area contributed by atoms with Crippen LogP contribution in [0.2, 0.25) is 0 Å². The average Bonchev–Trinajstić information content (AvgIpc) is 2.96. The van der Waals surface area contributed by atoms with E-state index in [1.807, 2.05) is 0 Å². The Hall–Kier alpha value is -3.61. The molecule has 0 aliphatic heterocycles. The molecule has 3 rings (SSSR count). The maximum absolute atomic E-state index is 12.3. The Morgan fingerprint density at radius 3 is 2.12 bits per heavy atom. The van der Waals surface area contributed by atoms with E-state index >= 15 is 0 Å².